The summed E-state index contributed by atoms with van der Waals surface area (Å²) in [6.45, 7) is 1.62. The normalized spacial score (nSPS) is 9.50. The van der Waals surface area contributed by atoms with E-state index in [9.17, 15) is 8.78 Å². The Labute approximate surface area is 120 Å². The molecule has 4 heteroatoms. The van der Waals surface area contributed by atoms with Gasteiger partial charge in [0.15, 0.2) is 0 Å². The van der Waals surface area contributed by atoms with Crippen molar-refractivity contribution in [2.45, 2.75) is 11.8 Å². The molecule has 0 aliphatic carbocycles. The number of benzene rings is 2. The molecule has 0 N–H and O–H groups in total. The van der Waals surface area contributed by atoms with Gasteiger partial charge in [-0.05, 0) is 60.6 Å². The fourth-order valence-corrected chi connectivity index (χ4v) is 1.99. The zero-order valence-corrected chi connectivity index (χ0v) is 11.4. The average molecular weight is 285 g/mol. The first kappa shape index (κ1) is 14.1. The second-order valence-electron chi connectivity index (χ2n) is 4.07. The Morgan fingerprint density at radius 1 is 1.00 bits per heavy atom. The number of thiocyanates is 1. The topological polar surface area (TPSA) is 23.8 Å². The third-order valence-corrected chi connectivity index (χ3v) is 3.14. The second kappa shape index (κ2) is 6.23. The third kappa shape index (κ3) is 3.38. The Balaban J connectivity index is 2.29. The molecule has 0 saturated heterocycles. The van der Waals surface area contributed by atoms with E-state index >= 15 is 0 Å². The monoisotopic (exact) mass is 285 g/mol. The Bertz CT molecular complexity index is 711. The lowest BCUT2D eigenvalue weighted by Crippen LogP contribution is -1.91. The number of nitriles is 1. The number of nitrogens with zero attached hydrogens (tertiary/aromatic N) is 1. The molecule has 0 amide bonds. The van der Waals surface area contributed by atoms with E-state index in [1.807, 2.05) is 5.40 Å². The van der Waals surface area contributed by atoms with Crippen LogP contribution < -0.4 is 0 Å². The van der Waals surface area contributed by atoms with Gasteiger partial charge in [0.25, 0.3) is 0 Å². The van der Waals surface area contributed by atoms with Crippen molar-refractivity contribution < 1.29 is 8.78 Å². The maximum Gasteiger partial charge on any atom is 0.142 e. The van der Waals surface area contributed by atoms with Gasteiger partial charge in [0.2, 0.25) is 0 Å². The third-order valence-electron chi connectivity index (χ3n) is 2.54. The van der Waals surface area contributed by atoms with E-state index in [4.69, 9.17) is 5.26 Å². The smallest absolute Gasteiger partial charge is 0.142 e. The van der Waals surface area contributed by atoms with Crippen molar-refractivity contribution in [3.8, 4) is 17.2 Å². The van der Waals surface area contributed by atoms with Crippen molar-refractivity contribution in [3.05, 3.63) is 64.7 Å². The molecule has 1 nitrogen and oxygen atoms in total. The molecule has 0 aliphatic heterocycles. The van der Waals surface area contributed by atoms with Crippen molar-refractivity contribution >= 4 is 11.8 Å². The summed E-state index contributed by atoms with van der Waals surface area (Å²) in [7, 11) is 0. The van der Waals surface area contributed by atoms with Gasteiger partial charge in [-0.25, -0.2) is 8.78 Å². The number of hydrogen-bond acceptors (Lipinski definition) is 2. The van der Waals surface area contributed by atoms with E-state index < -0.39 is 11.6 Å². The molecular formula is C16H9F2NS. The minimum absolute atomic E-state index is 0.230. The molecule has 20 heavy (non-hydrogen) atoms. The summed E-state index contributed by atoms with van der Waals surface area (Å²) in [5, 5.41) is 10.5. The van der Waals surface area contributed by atoms with Crippen LogP contribution >= 0.6 is 11.8 Å². The van der Waals surface area contributed by atoms with Crippen LogP contribution in [-0.4, -0.2) is 0 Å². The number of halogens is 2. The maximum absolute atomic E-state index is 13.6. The van der Waals surface area contributed by atoms with Gasteiger partial charge in [-0.2, -0.15) is 5.26 Å². The Hall–Kier alpha value is -2.30. The first-order chi connectivity index (χ1) is 9.60. The molecule has 0 spiro atoms. The lowest BCUT2D eigenvalue weighted by Gasteiger charge is -1.99. The highest BCUT2D eigenvalue weighted by atomic mass is 32.2. The number of thioether (sulfide) groups is 1. The van der Waals surface area contributed by atoms with Gasteiger partial charge in [0.05, 0.1) is 5.56 Å². The zero-order chi connectivity index (χ0) is 14.5. The molecule has 2 rings (SSSR count). The molecule has 2 aromatic carbocycles. The molecule has 0 radical (unpaired) electrons. The maximum atomic E-state index is 13.6. The lowest BCUT2D eigenvalue weighted by atomic mass is 10.1. The molecule has 2 aromatic rings. The van der Waals surface area contributed by atoms with E-state index in [1.165, 1.54) is 12.1 Å². The van der Waals surface area contributed by atoms with Crippen LogP contribution in [0.15, 0.2) is 41.3 Å². The van der Waals surface area contributed by atoms with Crippen molar-refractivity contribution in [1.82, 2.24) is 0 Å². The van der Waals surface area contributed by atoms with Crippen LogP contribution in [0, 0.1) is 41.1 Å². The van der Waals surface area contributed by atoms with Crippen molar-refractivity contribution in [2.24, 2.45) is 0 Å². The summed E-state index contributed by atoms with van der Waals surface area (Å²) in [4.78, 5) is 0.797. The van der Waals surface area contributed by atoms with Gasteiger partial charge >= 0.3 is 0 Å². The molecule has 98 valence electrons. The highest BCUT2D eigenvalue weighted by molar-refractivity contribution is 8.03. The molecule has 0 aromatic heterocycles. The summed E-state index contributed by atoms with van der Waals surface area (Å²) in [5.74, 6) is 3.89. The van der Waals surface area contributed by atoms with E-state index in [1.54, 1.807) is 31.2 Å². The zero-order valence-electron chi connectivity index (χ0n) is 10.6. The SMILES string of the molecule is Cc1cc(F)c(C#Cc2ccc(SC#N)cc2)c(F)c1. The second-order valence-corrected chi connectivity index (χ2v) is 4.93. The lowest BCUT2D eigenvalue weighted by molar-refractivity contribution is 0.575. The van der Waals surface area contributed by atoms with Gasteiger partial charge in [0.1, 0.15) is 17.0 Å². The predicted octanol–water partition coefficient (Wildman–Crippen LogP) is 4.25. The minimum Gasteiger partial charge on any atom is -0.206 e. The molecule has 0 bridgehead atoms. The van der Waals surface area contributed by atoms with Gasteiger partial charge in [0, 0.05) is 10.5 Å². The van der Waals surface area contributed by atoms with Crippen LogP contribution in [0.3, 0.4) is 0 Å². The Kier molecular flexibility index (Phi) is 4.40. The molecule has 0 aliphatic rings. The largest absolute Gasteiger partial charge is 0.206 e. The summed E-state index contributed by atoms with van der Waals surface area (Å²) in [6, 6.07) is 9.38. The first-order valence-corrected chi connectivity index (χ1v) is 6.55. The van der Waals surface area contributed by atoms with E-state index in [2.05, 4.69) is 11.8 Å². The van der Waals surface area contributed by atoms with Crippen LogP contribution in [0.25, 0.3) is 0 Å². The fraction of sp³-hybridized carbons (Fsp3) is 0.0625. The van der Waals surface area contributed by atoms with Crippen LogP contribution in [0.1, 0.15) is 16.7 Å². The number of rotatable bonds is 1. The average Bonchev–Trinajstić information content (AvgIpc) is 2.39. The van der Waals surface area contributed by atoms with Gasteiger partial charge in [-0.15, -0.1) is 0 Å². The molecule has 0 fully saturated rings. The van der Waals surface area contributed by atoms with Crippen molar-refractivity contribution in [3.63, 3.8) is 0 Å². The number of aryl methyl sites for hydroxylation is 1. The van der Waals surface area contributed by atoms with Crippen LogP contribution in [0.2, 0.25) is 0 Å². The first-order valence-electron chi connectivity index (χ1n) is 5.74. The summed E-state index contributed by atoms with van der Waals surface area (Å²) in [6.07, 6.45) is 0. The number of hydrogen-bond donors (Lipinski definition) is 0. The standard InChI is InChI=1S/C16H9F2NS/c1-11-8-15(17)14(16(18)9-11)7-4-12-2-5-13(6-3-12)20-10-19/h2-3,5-6,8-9H,1H3. The molecule has 0 saturated carbocycles. The van der Waals surface area contributed by atoms with Gasteiger partial charge < -0.3 is 0 Å². The molecule has 0 atom stereocenters. The summed E-state index contributed by atoms with van der Waals surface area (Å²) >= 11 is 1.04. The van der Waals surface area contributed by atoms with Crippen LogP contribution in [0.4, 0.5) is 8.78 Å². The molecular weight excluding hydrogens is 276 g/mol. The highest BCUT2D eigenvalue weighted by Gasteiger charge is 2.06. The summed E-state index contributed by atoms with van der Waals surface area (Å²) in [5.41, 5.74) is 0.918. The predicted molar refractivity (Wildman–Crippen MR) is 75.0 cm³/mol. The van der Waals surface area contributed by atoms with Crippen LogP contribution in [-0.2, 0) is 0 Å². The van der Waals surface area contributed by atoms with E-state index in [0.717, 1.165) is 16.7 Å². The van der Waals surface area contributed by atoms with Gasteiger partial charge in [-0.1, -0.05) is 11.8 Å². The quantitative estimate of drug-likeness (QED) is 0.444. The molecule has 0 heterocycles. The van der Waals surface area contributed by atoms with Crippen molar-refractivity contribution in [1.29, 1.82) is 5.26 Å². The van der Waals surface area contributed by atoms with E-state index in [-0.39, 0.29) is 5.56 Å². The Morgan fingerprint density at radius 2 is 1.60 bits per heavy atom. The highest BCUT2D eigenvalue weighted by Crippen LogP contribution is 2.17. The summed E-state index contributed by atoms with van der Waals surface area (Å²) < 4.78 is 27.2. The van der Waals surface area contributed by atoms with Crippen LogP contribution in [0.5, 0.6) is 0 Å². The Morgan fingerprint density at radius 3 is 2.15 bits per heavy atom. The minimum atomic E-state index is -0.661. The molecule has 0 unspecified atom stereocenters. The van der Waals surface area contributed by atoms with Crippen molar-refractivity contribution in [2.75, 3.05) is 0 Å². The van der Waals surface area contributed by atoms with E-state index in [0.29, 0.717) is 11.1 Å². The van der Waals surface area contributed by atoms with Gasteiger partial charge in [-0.3, -0.25) is 0 Å². The fourth-order valence-electron chi connectivity index (χ4n) is 1.61.